The number of rotatable bonds is 12. The maximum Gasteiger partial charge on any atom is 0.188 e. The minimum Gasteiger partial charge on any atom is -0.379 e. The quantitative estimate of drug-likeness (QED) is 0.231. The van der Waals surface area contributed by atoms with Crippen molar-refractivity contribution in [3.05, 3.63) is 63.7 Å². The van der Waals surface area contributed by atoms with Gasteiger partial charge in [-0.15, -0.1) is 0 Å². The van der Waals surface area contributed by atoms with E-state index in [9.17, 15) is 4.79 Å². The van der Waals surface area contributed by atoms with Crippen LogP contribution in [-0.4, -0.2) is 66.3 Å². The van der Waals surface area contributed by atoms with Gasteiger partial charge in [0.15, 0.2) is 11.6 Å². The van der Waals surface area contributed by atoms with E-state index >= 15 is 4.39 Å². The van der Waals surface area contributed by atoms with Crippen LogP contribution >= 0.6 is 11.6 Å². The molecule has 1 saturated heterocycles. The zero-order chi connectivity index (χ0) is 25.8. The molecule has 2 heterocycles. The number of morpholine rings is 1. The van der Waals surface area contributed by atoms with E-state index in [0.717, 1.165) is 76.2 Å². The Morgan fingerprint density at radius 1 is 1.19 bits per heavy atom. The molecular formula is C29H35ClFN3O3. The molecule has 2 aromatic carbocycles. The first-order chi connectivity index (χ1) is 18.0. The van der Waals surface area contributed by atoms with Crippen molar-refractivity contribution < 1.29 is 18.7 Å². The summed E-state index contributed by atoms with van der Waals surface area (Å²) in [7, 11) is 0. The summed E-state index contributed by atoms with van der Waals surface area (Å²) in [6.45, 7) is 7.79. The van der Waals surface area contributed by atoms with Crippen molar-refractivity contribution in [2.24, 2.45) is 5.92 Å². The number of hydrogen-bond donors (Lipinski definition) is 0. The molecule has 5 rings (SSSR count). The normalized spacial score (nSPS) is 16.5. The molecule has 37 heavy (non-hydrogen) atoms. The van der Waals surface area contributed by atoms with Crippen LogP contribution in [0.1, 0.15) is 52.7 Å². The molecule has 0 spiro atoms. The summed E-state index contributed by atoms with van der Waals surface area (Å²) in [6.07, 6.45) is 6.28. The van der Waals surface area contributed by atoms with Gasteiger partial charge in [-0.3, -0.25) is 9.69 Å². The summed E-state index contributed by atoms with van der Waals surface area (Å²) >= 11 is 6.13. The van der Waals surface area contributed by atoms with Gasteiger partial charge in [-0.25, -0.2) is 9.37 Å². The number of nitrogens with zero attached hydrogens (tertiary/aromatic N) is 3. The predicted molar refractivity (Wildman–Crippen MR) is 143 cm³/mol. The number of Topliss-reactive ketones (excluding diaryl/α,β-unsaturated/α-hetero) is 1. The van der Waals surface area contributed by atoms with Crippen LogP contribution in [0.3, 0.4) is 0 Å². The molecular weight excluding hydrogens is 493 g/mol. The standard InChI is InChI=1S/C29H35ClFN3O3/c1-20-14-23(30)7-6-22(20)15-25-24(27(35)18-37-17-21-4-5-21)16-26-29(28(25)31)32-19-34(26)9-3-2-8-33-10-12-36-13-11-33/h6-7,14,16,19,21H,2-5,8-13,15,17-18H2,1H3. The largest absolute Gasteiger partial charge is 0.379 e. The molecule has 6 nitrogen and oxygen atoms in total. The minimum atomic E-state index is -0.426. The van der Waals surface area contributed by atoms with Gasteiger partial charge in [-0.2, -0.15) is 0 Å². The Bertz CT molecular complexity index is 1250. The van der Waals surface area contributed by atoms with Crippen molar-refractivity contribution in [2.45, 2.75) is 45.6 Å². The van der Waals surface area contributed by atoms with Crippen molar-refractivity contribution in [2.75, 3.05) is 46.1 Å². The number of carbonyl (C=O) groups excluding carboxylic acids is 1. The fourth-order valence-corrected chi connectivity index (χ4v) is 5.19. The average molecular weight is 528 g/mol. The number of imidazole rings is 1. The summed E-state index contributed by atoms with van der Waals surface area (Å²) in [4.78, 5) is 20.1. The van der Waals surface area contributed by atoms with Gasteiger partial charge in [-0.1, -0.05) is 17.7 Å². The molecule has 0 amide bonds. The lowest BCUT2D eigenvalue weighted by molar-refractivity contribution is 0.0371. The van der Waals surface area contributed by atoms with Gasteiger partial charge in [0.05, 0.1) is 31.7 Å². The Hall–Kier alpha value is -2.32. The number of ketones is 1. The highest BCUT2D eigenvalue weighted by atomic mass is 35.5. The molecule has 0 bridgehead atoms. The molecule has 0 unspecified atom stereocenters. The number of fused-ring (bicyclic) bond motifs is 1. The molecule has 0 radical (unpaired) electrons. The fraction of sp³-hybridized carbons (Fsp3) is 0.517. The lowest BCUT2D eigenvalue weighted by Gasteiger charge is -2.26. The van der Waals surface area contributed by atoms with Crippen LogP contribution < -0.4 is 0 Å². The first-order valence-electron chi connectivity index (χ1n) is 13.3. The van der Waals surface area contributed by atoms with E-state index in [1.54, 1.807) is 12.4 Å². The lowest BCUT2D eigenvalue weighted by atomic mass is 9.94. The van der Waals surface area contributed by atoms with E-state index in [-0.39, 0.29) is 12.4 Å². The second kappa shape index (κ2) is 12.0. The third-order valence-corrected chi connectivity index (χ3v) is 7.68. The van der Waals surface area contributed by atoms with Gasteiger partial charge in [0.2, 0.25) is 0 Å². The zero-order valence-corrected chi connectivity index (χ0v) is 22.2. The number of halogens is 2. The van der Waals surface area contributed by atoms with E-state index in [1.165, 1.54) is 0 Å². The average Bonchev–Trinajstić information content (AvgIpc) is 3.63. The molecule has 2 fully saturated rings. The summed E-state index contributed by atoms with van der Waals surface area (Å²) in [6, 6.07) is 7.37. The number of hydrogen-bond acceptors (Lipinski definition) is 5. The number of aromatic nitrogens is 2. The Labute approximate surface area is 222 Å². The van der Waals surface area contributed by atoms with Crippen LogP contribution in [0, 0.1) is 18.7 Å². The van der Waals surface area contributed by atoms with Crippen LogP contribution in [-0.2, 0) is 22.4 Å². The zero-order valence-electron chi connectivity index (χ0n) is 21.5. The van der Waals surface area contributed by atoms with Crippen LogP contribution in [0.4, 0.5) is 4.39 Å². The Morgan fingerprint density at radius 3 is 2.73 bits per heavy atom. The summed E-state index contributed by atoms with van der Waals surface area (Å²) in [5.41, 5.74) is 3.61. The molecule has 198 valence electrons. The van der Waals surface area contributed by atoms with Crippen molar-refractivity contribution >= 4 is 28.4 Å². The molecule has 1 aromatic heterocycles. The lowest BCUT2D eigenvalue weighted by Crippen LogP contribution is -2.36. The molecule has 1 aliphatic heterocycles. The third-order valence-electron chi connectivity index (χ3n) is 7.44. The predicted octanol–water partition coefficient (Wildman–Crippen LogP) is 5.45. The van der Waals surface area contributed by atoms with E-state index in [2.05, 4.69) is 9.88 Å². The highest BCUT2D eigenvalue weighted by Gasteiger charge is 2.25. The number of carbonyl (C=O) groups is 1. The van der Waals surface area contributed by atoms with Gasteiger partial charge in [0, 0.05) is 42.2 Å². The summed E-state index contributed by atoms with van der Waals surface area (Å²) < 4.78 is 29.1. The first kappa shape index (κ1) is 26.3. The van der Waals surface area contributed by atoms with Crippen molar-refractivity contribution in [1.29, 1.82) is 0 Å². The highest BCUT2D eigenvalue weighted by Crippen LogP contribution is 2.30. The van der Waals surface area contributed by atoms with Crippen LogP contribution in [0.15, 0.2) is 30.6 Å². The van der Waals surface area contributed by atoms with E-state index in [1.807, 2.05) is 29.7 Å². The second-order valence-electron chi connectivity index (χ2n) is 10.3. The van der Waals surface area contributed by atoms with Crippen LogP contribution in [0.5, 0.6) is 0 Å². The fourth-order valence-electron chi connectivity index (χ4n) is 4.97. The van der Waals surface area contributed by atoms with Crippen molar-refractivity contribution in [3.63, 3.8) is 0 Å². The summed E-state index contributed by atoms with van der Waals surface area (Å²) in [5, 5.41) is 0.634. The van der Waals surface area contributed by atoms with Gasteiger partial charge in [0.1, 0.15) is 12.1 Å². The molecule has 1 aliphatic carbocycles. The number of aryl methyl sites for hydroxylation is 2. The molecule has 8 heteroatoms. The molecule has 1 saturated carbocycles. The third kappa shape index (κ3) is 6.58. The molecule has 0 atom stereocenters. The topological polar surface area (TPSA) is 56.6 Å². The molecule has 3 aromatic rings. The smallest absolute Gasteiger partial charge is 0.188 e. The van der Waals surface area contributed by atoms with E-state index in [4.69, 9.17) is 21.1 Å². The van der Waals surface area contributed by atoms with Crippen LogP contribution in [0.25, 0.3) is 11.0 Å². The number of benzene rings is 2. The van der Waals surface area contributed by atoms with Gasteiger partial charge in [-0.05, 0) is 74.4 Å². The van der Waals surface area contributed by atoms with Gasteiger partial charge < -0.3 is 14.0 Å². The highest BCUT2D eigenvalue weighted by molar-refractivity contribution is 6.30. The van der Waals surface area contributed by atoms with E-state index in [0.29, 0.717) is 46.1 Å². The van der Waals surface area contributed by atoms with Gasteiger partial charge >= 0.3 is 0 Å². The minimum absolute atomic E-state index is 0.0399. The first-order valence-corrected chi connectivity index (χ1v) is 13.7. The summed E-state index contributed by atoms with van der Waals surface area (Å²) in [5.74, 6) is -0.0605. The monoisotopic (exact) mass is 527 g/mol. The van der Waals surface area contributed by atoms with Crippen molar-refractivity contribution in [3.8, 4) is 0 Å². The van der Waals surface area contributed by atoms with E-state index < -0.39 is 5.82 Å². The second-order valence-corrected chi connectivity index (χ2v) is 10.7. The SMILES string of the molecule is Cc1cc(Cl)ccc1Cc1c(C(=O)COCC2CC2)cc2c(ncn2CCCCN2CCOCC2)c1F. The number of ether oxygens (including phenoxy) is 2. The Kier molecular flexibility index (Phi) is 8.55. The van der Waals surface area contributed by atoms with Crippen LogP contribution in [0.2, 0.25) is 5.02 Å². The maximum absolute atomic E-state index is 16.0. The molecule has 2 aliphatic rings. The van der Waals surface area contributed by atoms with Gasteiger partial charge in [0.25, 0.3) is 0 Å². The molecule has 0 N–H and O–H groups in total. The Balaban J connectivity index is 1.37. The maximum atomic E-state index is 16.0. The number of unbranched alkanes of at least 4 members (excludes halogenated alkanes) is 1. The van der Waals surface area contributed by atoms with Crippen molar-refractivity contribution in [1.82, 2.24) is 14.5 Å². The Morgan fingerprint density at radius 2 is 1.97 bits per heavy atom.